The lowest BCUT2D eigenvalue weighted by atomic mass is 10.2. The minimum Gasteiger partial charge on any atom is -0.460 e. The van der Waals surface area contributed by atoms with Gasteiger partial charge in [-0.15, -0.1) is 5.06 Å². The molecular formula is C12H21NO4. The van der Waals surface area contributed by atoms with Crippen molar-refractivity contribution >= 4 is 11.9 Å². The SMILES string of the molecule is CC(C)(C)OC(=O)CC(=O)ON1CCCCC1. The highest BCUT2D eigenvalue weighted by Gasteiger charge is 2.22. The van der Waals surface area contributed by atoms with Crippen LogP contribution in [0.2, 0.25) is 0 Å². The minimum absolute atomic E-state index is 0.326. The van der Waals surface area contributed by atoms with Crippen LogP contribution in [0.3, 0.4) is 0 Å². The molecule has 1 heterocycles. The van der Waals surface area contributed by atoms with E-state index in [-0.39, 0.29) is 6.42 Å². The fourth-order valence-corrected chi connectivity index (χ4v) is 1.63. The maximum absolute atomic E-state index is 11.4. The molecule has 1 rings (SSSR count). The normalized spacial score (nSPS) is 17.6. The molecule has 17 heavy (non-hydrogen) atoms. The Kier molecular flexibility index (Phi) is 4.93. The Hall–Kier alpha value is -1.10. The Morgan fingerprint density at radius 2 is 1.65 bits per heavy atom. The second-order valence-electron chi connectivity index (χ2n) is 5.22. The van der Waals surface area contributed by atoms with Crippen LogP contribution in [0.4, 0.5) is 0 Å². The van der Waals surface area contributed by atoms with E-state index in [2.05, 4.69) is 0 Å². The first-order valence-electron chi connectivity index (χ1n) is 6.04. The number of hydroxylamine groups is 2. The molecule has 5 heteroatoms. The summed E-state index contributed by atoms with van der Waals surface area (Å²) in [5, 5.41) is 1.62. The van der Waals surface area contributed by atoms with Crippen LogP contribution in [-0.2, 0) is 19.2 Å². The third-order valence-electron chi connectivity index (χ3n) is 2.25. The minimum atomic E-state index is -0.567. The van der Waals surface area contributed by atoms with E-state index in [0.717, 1.165) is 25.9 Å². The molecule has 0 aromatic rings. The third-order valence-corrected chi connectivity index (χ3v) is 2.25. The van der Waals surface area contributed by atoms with Crippen molar-refractivity contribution in [1.82, 2.24) is 5.06 Å². The van der Waals surface area contributed by atoms with Crippen molar-refractivity contribution < 1.29 is 19.2 Å². The van der Waals surface area contributed by atoms with Gasteiger partial charge in [-0.2, -0.15) is 0 Å². The Bertz CT molecular complexity index is 277. The van der Waals surface area contributed by atoms with Crippen LogP contribution in [-0.4, -0.2) is 35.7 Å². The van der Waals surface area contributed by atoms with Gasteiger partial charge in [0.15, 0.2) is 0 Å². The summed E-state index contributed by atoms with van der Waals surface area (Å²) in [7, 11) is 0. The van der Waals surface area contributed by atoms with Gasteiger partial charge in [0.2, 0.25) is 0 Å². The average Bonchev–Trinajstić information content (AvgIpc) is 2.15. The molecule has 5 nitrogen and oxygen atoms in total. The molecule has 1 fully saturated rings. The van der Waals surface area contributed by atoms with Crippen LogP contribution in [0.15, 0.2) is 0 Å². The van der Waals surface area contributed by atoms with Crippen LogP contribution in [0, 0.1) is 0 Å². The topological polar surface area (TPSA) is 55.8 Å². The fourth-order valence-electron chi connectivity index (χ4n) is 1.63. The maximum Gasteiger partial charge on any atom is 0.336 e. The zero-order chi connectivity index (χ0) is 12.9. The molecule has 1 saturated heterocycles. The lowest BCUT2D eigenvalue weighted by molar-refractivity contribution is -0.197. The van der Waals surface area contributed by atoms with Crippen molar-refractivity contribution in [3.8, 4) is 0 Å². The van der Waals surface area contributed by atoms with Gasteiger partial charge in [0, 0.05) is 13.1 Å². The van der Waals surface area contributed by atoms with E-state index in [0.29, 0.717) is 0 Å². The highest BCUT2D eigenvalue weighted by molar-refractivity contribution is 5.91. The number of carbonyl (C=O) groups is 2. The van der Waals surface area contributed by atoms with Crippen molar-refractivity contribution in [2.45, 2.75) is 52.1 Å². The van der Waals surface area contributed by atoms with Gasteiger partial charge in [-0.1, -0.05) is 6.42 Å². The van der Waals surface area contributed by atoms with E-state index in [4.69, 9.17) is 9.57 Å². The lowest BCUT2D eigenvalue weighted by Crippen LogP contribution is -2.34. The number of carbonyl (C=O) groups excluding carboxylic acids is 2. The summed E-state index contributed by atoms with van der Waals surface area (Å²) in [5.41, 5.74) is -0.567. The second kappa shape index (κ2) is 6.00. The average molecular weight is 243 g/mol. The molecule has 0 aliphatic carbocycles. The quantitative estimate of drug-likeness (QED) is 0.557. The standard InChI is InChI=1S/C12H21NO4/c1-12(2,3)16-10(14)9-11(15)17-13-7-5-4-6-8-13/h4-9H2,1-3H3. The molecule has 0 aromatic heterocycles. The summed E-state index contributed by atoms with van der Waals surface area (Å²) in [5.74, 6) is -1.08. The Morgan fingerprint density at radius 1 is 1.06 bits per heavy atom. The van der Waals surface area contributed by atoms with E-state index < -0.39 is 17.5 Å². The molecule has 0 spiro atoms. The highest BCUT2D eigenvalue weighted by atomic mass is 16.7. The molecule has 0 saturated carbocycles. The van der Waals surface area contributed by atoms with Crippen molar-refractivity contribution in [3.05, 3.63) is 0 Å². The van der Waals surface area contributed by atoms with Crippen LogP contribution >= 0.6 is 0 Å². The number of nitrogens with zero attached hydrogens (tertiary/aromatic N) is 1. The van der Waals surface area contributed by atoms with E-state index in [1.165, 1.54) is 6.42 Å². The van der Waals surface area contributed by atoms with Gasteiger partial charge in [-0.25, -0.2) is 4.79 Å². The molecule has 0 N–H and O–H groups in total. The first kappa shape index (κ1) is 14.0. The monoisotopic (exact) mass is 243 g/mol. The highest BCUT2D eigenvalue weighted by Crippen LogP contribution is 2.11. The zero-order valence-electron chi connectivity index (χ0n) is 10.8. The van der Waals surface area contributed by atoms with Crippen molar-refractivity contribution in [1.29, 1.82) is 0 Å². The number of rotatable bonds is 3. The third kappa shape index (κ3) is 6.26. The van der Waals surface area contributed by atoms with E-state index in [9.17, 15) is 9.59 Å². The van der Waals surface area contributed by atoms with E-state index in [1.807, 2.05) is 0 Å². The summed E-state index contributed by atoms with van der Waals surface area (Å²) >= 11 is 0. The molecule has 1 aliphatic rings. The number of piperidine rings is 1. The van der Waals surface area contributed by atoms with Crippen molar-refractivity contribution in [2.24, 2.45) is 0 Å². The van der Waals surface area contributed by atoms with Crippen molar-refractivity contribution in [3.63, 3.8) is 0 Å². The zero-order valence-corrected chi connectivity index (χ0v) is 10.8. The molecule has 0 radical (unpaired) electrons. The van der Waals surface area contributed by atoms with Gasteiger partial charge < -0.3 is 9.57 Å². The number of hydrogen-bond acceptors (Lipinski definition) is 5. The second-order valence-corrected chi connectivity index (χ2v) is 5.22. The Balaban J connectivity index is 2.26. The van der Waals surface area contributed by atoms with Crippen molar-refractivity contribution in [2.75, 3.05) is 13.1 Å². The largest absolute Gasteiger partial charge is 0.460 e. The predicted molar refractivity (Wildman–Crippen MR) is 62.0 cm³/mol. The molecule has 0 aromatic carbocycles. The van der Waals surface area contributed by atoms with Gasteiger partial charge in [0.05, 0.1) is 0 Å². The predicted octanol–water partition coefficient (Wildman–Crippen LogP) is 1.66. The maximum atomic E-state index is 11.4. The summed E-state index contributed by atoms with van der Waals surface area (Å²) in [6.07, 6.45) is 2.90. The van der Waals surface area contributed by atoms with Gasteiger partial charge in [-0.3, -0.25) is 4.79 Å². The summed E-state index contributed by atoms with van der Waals surface area (Å²) in [4.78, 5) is 27.9. The van der Waals surface area contributed by atoms with Gasteiger partial charge >= 0.3 is 11.9 Å². The van der Waals surface area contributed by atoms with Crippen LogP contribution in [0.5, 0.6) is 0 Å². The molecule has 1 aliphatic heterocycles. The number of hydrogen-bond donors (Lipinski definition) is 0. The van der Waals surface area contributed by atoms with E-state index in [1.54, 1.807) is 25.8 Å². The lowest BCUT2D eigenvalue weighted by Gasteiger charge is -2.25. The van der Waals surface area contributed by atoms with Crippen LogP contribution in [0.25, 0.3) is 0 Å². The Morgan fingerprint density at radius 3 is 2.18 bits per heavy atom. The number of ether oxygens (including phenoxy) is 1. The Labute approximate surface area is 102 Å². The summed E-state index contributed by atoms with van der Waals surface area (Å²) in [6, 6.07) is 0. The van der Waals surface area contributed by atoms with Gasteiger partial charge in [0.1, 0.15) is 12.0 Å². The molecule has 0 atom stereocenters. The molecule has 98 valence electrons. The van der Waals surface area contributed by atoms with Crippen LogP contribution < -0.4 is 0 Å². The molecule has 0 unspecified atom stereocenters. The fraction of sp³-hybridized carbons (Fsp3) is 0.833. The summed E-state index contributed by atoms with van der Waals surface area (Å²) in [6.45, 7) is 6.79. The summed E-state index contributed by atoms with van der Waals surface area (Å²) < 4.78 is 5.04. The molecule has 0 bridgehead atoms. The first-order valence-corrected chi connectivity index (χ1v) is 6.04. The van der Waals surface area contributed by atoms with E-state index >= 15 is 0 Å². The van der Waals surface area contributed by atoms with Gasteiger partial charge in [-0.05, 0) is 33.6 Å². The first-order chi connectivity index (χ1) is 7.87. The van der Waals surface area contributed by atoms with Crippen LogP contribution in [0.1, 0.15) is 46.5 Å². The number of esters is 1. The smallest absolute Gasteiger partial charge is 0.336 e. The molecule has 0 amide bonds. The molecular weight excluding hydrogens is 222 g/mol. The van der Waals surface area contributed by atoms with Gasteiger partial charge in [0.25, 0.3) is 0 Å².